The first-order valence-electron chi connectivity index (χ1n) is 9.23. The zero-order valence-electron chi connectivity index (χ0n) is 14.8. The summed E-state index contributed by atoms with van der Waals surface area (Å²) in [7, 11) is 0. The third kappa shape index (κ3) is 3.27. The van der Waals surface area contributed by atoms with Crippen LogP contribution in [0, 0.1) is 0 Å². The number of hydrogen-bond acceptors (Lipinski definition) is 5. The molecule has 0 amide bonds. The lowest BCUT2D eigenvalue weighted by Gasteiger charge is -2.38. The van der Waals surface area contributed by atoms with E-state index >= 15 is 0 Å². The molecule has 0 saturated carbocycles. The molecule has 3 aliphatic heterocycles. The minimum absolute atomic E-state index is 0.0648. The number of rotatable bonds is 4. The molecule has 2 fully saturated rings. The smallest absolute Gasteiger partial charge is 0.115 e. The average Bonchev–Trinajstić information content (AvgIpc) is 3.11. The SMILES string of the molecule is CC(C)n1cc(C2=CCCN(CC3CCC4(COC4)O3)CC2)nn1. The lowest BCUT2D eigenvalue weighted by molar-refractivity contribution is -0.201. The lowest BCUT2D eigenvalue weighted by Crippen LogP contribution is -2.50. The number of ether oxygens (including phenoxy) is 2. The van der Waals surface area contributed by atoms with Crippen LogP contribution < -0.4 is 0 Å². The molecule has 1 atom stereocenters. The van der Waals surface area contributed by atoms with Gasteiger partial charge in [-0.2, -0.15) is 0 Å². The van der Waals surface area contributed by atoms with Crippen LogP contribution in [-0.2, 0) is 9.47 Å². The Bertz CT molecular complexity index is 606. The van der Waals surface area contributed by atoms with Crippen LogP contribution in [0.1, 0.15) is 51.3 Å². The molecule has 4 heterocycles. The van der Waals surface area contributed by atoms with Gasteiger partial charge in [0, 0.05) is 25.7 Å². The Balaban J connectivity index is 1.31. The van der Waals surface area contributed by atoms with Crippen molar-refractivity contribution < 1.29 is 9.47 Å². The van der Waals surface area contributed by atoms with E-state index in [9.17, 15) is 0 Å². The fraction of sp³-hybridized carbons (Fsp3) is 0.778. The molecule has 1 spiro atoms. The zero-order valence-corrected chi connectivity index (χ0v) is 14.8. The van der Waals surface area contributed by atoms with Gasteiger partial charge in [0.25, 0.3) is 0 Å². The van der Waals surface area contributed by atoms with Crippen molar-refractivity contribution in [2.24, 2.45) is 0 Å². The van der Waals surface area contributed by atoms with Gasteiger partial charge < -0.3 is 14.4 Å². The summed E-state index contributed by atoms with van der Waals surface area (Å²) < 4.78 is 13.5. The molecule has 1 unspecified atom stereocenters. The Morgan fingerprint density at radius 1 is 1.33 bits per heavy atom. The molecule has 1 aromatic heterocycles. The molecular weight excluding hydrogens is 304 g/mol. The summed E-state index contributed by atoms with van der Waals surface area (Å²) in [6, 6.07) is 0.358. The largest absolute Gasteiger partial charge is 0.375 e. The van der Waals surface area contributed by atoms with E-state index in [1.165, 1.54) is 12.0 Å². The van der Waals surface area contributed by atoms with Crippen LogP contribution in [-0.4, -0.2) is 64.4 Å². The van der Waals surface area contributed by atoms with Gasteiger partial charge in [-0.05, 0) is 45.1 Å². The van der Waals surface area contributed by atoms with E-state index in [1.54, 1.807) is 0 Å². The second kappa shape index (κ2) is 6.58. The lowest BCUT2D eigenvalue weighted by atomic mass is 9.98. The van der Waals surface area contributed by atoms with Gasteiger partial charge in [0.05, 0.1) is 25.5 Å². The van der Waals surface area contributed by atoms with E-state index in [1.807, 2.05) is 4.68 Å². The molecule has 4 rings (SSSR count). The molecule has 1 aromatic rings. The maximum atomic E-state index is 6.26. The third-order valence-electron chi connectivity index (χ3n) is 5.43. The third-order valence-corrected chi connectivity index (χ3v) is 5.43. The second-order valence-corrected chi connectivity index (χ2v) is 7.70. The minimum Gasteiger partial charge on any atom is -0.375 e. The molecular formula is C18H28N4O2. The highest BCUT2D eigenvalue weighted by Gasteiger charge is 2.46. The average molecular weight is 332 g/mol. The summed E-state index contributed by atoms with van der Waals surface area (Å²) >= 11 is 0. The topological polar surface area (TPSA) is 52.4 Å². The normalized spacial score (nSPS) is 27.3. The fourth-order valence-corrected chi connectivity index (χ4v) is 3.86. The van der Waals surface area contributed by atoms with Crippen molar-refractivity contribution in [3.63, 3.8) is 0 Å². The fourth-order valence-electron chi connectivity index (χ4n) is 3.86. The van der Waals surface area contributed by atoms with Crippen molar-refractivity contribution in [2.75, 3.05) is 32.8 Å². The molecule has 0 aromatic carbocycles. The summed E-state index contributed by atoms with van der Waals surface area (Å²) in [5, 5.41) is 8.59. The van der Waals surface area contributed by atoms with Crippen LogP contribution in [0.25, 0.3) is 5.57 Å². The Kier molecular flexibility index (Phi) is 4.45. The first-order valence-corrected chi connectivity index (χ1v) is 9.23. The number of nitrogens with zero attached hydrogens (tertiary/aromatic N) is 4. The summed E-state index contributed by atoms with van der Waals surface area (Å²) in [5.74, 6) is 0. The predicted octanol–water partition coefficient (Wildman–Crippen LogP) is 2.29. The van der Waals surface area contributed by atoms with Gasteiger partial charge in [0.15, 0.2) is 0 Å². The molecule has 0 bridgehead atoms. The van der Waals surface area contributed by atoms with Gasteiger partial charge in [-0.15, -0.1) is 5.10 Å². The van der Waals surface area contributed by atoms with E-state index < -0.39 is 0 Å². The van der Waals surface area contributed by atoms with Crippen LogP contribution in [0.3, 0.4) is 0 Å². The van der Waals surface area contributed by atoms with Crippen LogP contribution in [0.4, 0.5) is 0 Å². The molecule has 0 radical (unpaired) electrons. The van der Waals surface area contributed by atoms with Crippen molar-refractivity contribution in [1.82, 2.24) is 19.9 Å². The molecule has 0 N–H and O–H groups in total. The maximum Gasteiger partial charge on any atom is 0.115 e. The van der Waals surface area contributed by atoms with E-state index in [4.69, 9.17) is 9.47 Å². The van der Waals surface area contributed by atoms with E-state index in [0.717, 1.165) is 57.8 Å². The molecule has 132 valence electrons. The van der Waals surface area contributed by atoms with Crippen molar-refractivity contribution in [3.05, 3.63) is 18.0 Å². The van der Waals surface area contributed by atoms with Crippen molar-refractivity contribution in [2.45, 2.75) is 57.3 Å². The van der Waals surface area contributed by atoms with Crippen molar-refractivity contribution >= 4 is 5.57 Å². The highest BCUT2D eigenvalue weighted by molar-refractivity contribution is 5.62. The summed E-state index contributed by atoms with van der Waals surface area (Å²) in [4.78, 5) is 2.54. The molecule has 6 nitrogen and oxygen atoms in total. The minimum atomic E-state index is 0.0648. The summed E-state index contributed by atoms with van der Waals surface area (Å²) in [6.45, 7) is 9.06. The molecule has 2 saturated heterocycles. The Hall–Kier alpha value is -1.24. The monoisotopic (exact) mass is 332 g/mol. The van der Waals surface area contributed by atoms with E-state index in [-0.39, 0.29) is 5.60 Å². The zero-order chi connectivity index (χ0) is 16.6. The van der Waals surface area contributed by atoms with Crippen LogP contribution >= 0.6 is 0 Å². The van der Waals surface area contributed by atoms with Gasteiger partial charge in [-0.25, -0.2) is 4.68 Å². The van der Waals surface area contributed by atoms with E-state index in [0.29, 0.717) is 12.1 Å². The quantitative estimate of drug-likeness (QED) is 0.847. The molecule has 3 aliphatic rings. The Labute approximate surface area is 143 Å². The Morgan fingerprint density at radius 3 is 2.88 bits per heavy atom. The molecule has 24 heavy (non-hydrogen) atoms. The van der Waals surface area contributed by atoms with Gasteiger partial charge >= 0.3 is 0 Å². The molecule has 6 heteroatoms. The highest BCUT2D eigenvalue weighted by atomic mass is 16.6. The van der Waals surface area contributed by atoms with Gasteiger partial charge in [0.2, 0.25) is 0 Å². The molecule has 0 aliphatic carbocycles. The second-order valence-electron chi connectivity index (χ2n) is 7.70. The number of aromatic nitrogens is 3. The van der Waals surface area contributed by atoms with Crippen LogP contribution in [0.5, 0.6) is 0 Å². The number of hydrogen-bond donors (Lipinski definition) is 0. The van der Waals surface area contributed by atoms with Crippen molar-refractivity contribution in [1.29, 1.82) is 0 Å². The summed E-state index contributed by atoms with van der Waals surface area (Å²) in [5.41, 5.74) is 2.43. The van der Waals surface area contributed by atoms with Crippen molar-refractivity contribution in [3.8, 4) is 0 Å². The van der Waals surface area contributed by atoms with Gasteiger partial charge in [0.1, 0.15) is 11.3 Å². The van der Waals surface area contributed by atoms with Crippen LogP contribution in [0.2, 0.25) is 0 Å². The first-order chi connectivity index (χ1) is 11.6. The Morgan fingerprint density at radius 2 is 2.21 bits per heavy atom. The maximum absolute atomic E-state index is 6.26. The predicted molar refractivity (Wildman–Crippen MR) is 91.7 cm³/mol. The van der Waals surface area contributed by atoms with Gasteiger partial charge in [-0.3, -0.25) is 0 Å². The first kappa shape index (κ1) is 16.2. The summed E-state index contributed by atoms with van der Waals surface area (Å²) in [6.07, 6.45) is 9.23. The highest BCUT2D eigenvalue weighted by Crippen LogP contribution is 2.36. The standard InChI is InChI=1S/C18H28N4O2/c1-14(2)22-11-17(19-20-22)15-4-3-8-21(9-6-15)10-16-5-7-18(24-16)12-23-13-18/h4,11,14,16H,3,5-10,12-13H2,1-2H3. The van der Waals surface area contributed by atoms with E-state index in [2.05, 4.69) is 41.3 Å². The van der Waals surface area contributed by atoms with Gasteiger partial charge in [-0.1, -0.05) is 11.3 Å². The van der Waals surface area contributed by atoms with Crippen LogP contribution in [0.15, 0.2) is 12.3 Å².